The number of carbonyl (C=O) groups excluding carboxylic acids is 9. The minimum Gasteiger partial charge on any atom is -0.497 e. The first-order valence-electron chi connectivity index (χ1n) is 29.3. The number of carbonyl (C=O) groups is 11. The molecule has 0 radical (unpaired) electrons. The van der Waals surface area contributed by atoms with Gasteiger partial charge in [-0.1, -0.05) is 24.3 Å². The van der Waals surface area contributed by atoms with E-state index in [1.54, 1.807) is 24.3 Å². The van der Waals surface area contributed by atoms with Gasteiger partial charge in [0.2, 0.25) is 53.2 Å². The molecule has 92 heavy (non-hydrogen) atoms. The van der Waals surface area contributed by atoms with Crippen molar-refractivity contribution in [2.75, 3.05) is 19.0 Å². The van der Waals surface area contributed by atoms with E-state index in [0.717, 1.165) is 0 Å². The molecule has 6 heterocycles. The number of anilines is 1. The van der Waals surface area contributed by atoms with E-state index in [-0.39, 0.29) is 67.4 Å². The van der Waals surface area contributed by atoms with Crippen LogP contribution in [0.25, 0.3) is 21.8 Å². The van der Waals surface area contributed by atoms with Gasteiger partial charge in [0.25, 0.3) is 0 Å². The monoisotopic (exact) mass is 1270 g/mol. The molecule has 29 heteroatoms. The van der Waals surface area contributed by atoms with Crippen molar-refractivity contribution in [1.82, 2.24) is 62.1 Å². The van der Waals surface area contributed by atoms with E-state index in [4.69, 9.17) is 4.74 Å². The molecule has 4 aromatic carbocycles. The molecule has 1 unspecified atom stereocenters. The number of nitrogens with one attached hydrogen (secondary N) is 11. The number of H-pyrrole nitrogens is 3. The Hall–Kier alpha value is -11.0. The first-order valence-corrected chi connectivity index (χ1v) is 29.3. The second-order valence-electron chi connectivity index (χ2n) is 22.8. The Morgan fingerprint density at radius 1 is 0.641 bits per heavy atom. The maximum absolute atomic E-state index is 15.1. The zero-order valence-electron chi connectivity index (χ0n) is 49.9. The molecule has 1 fully saturated rings. The number of aromatic amines is 3. The predicted octanol–water partition coefficient (Wildman–Crippen LogP) is 1.87. The number of hydrogen-bond acceptors (Lipinski definition) is 13. The van der Waals surface area contributed by atoms with E-state index in [0.29, 0.717) is 38.9 Å². The second-order valence-corrected chi connectivity index (χ2v) is 22.8. The number of benzene rings is 4. The quantitative estimate of drug-likeness (QED) is 0.0777. The highest BCUT2D eigenvalue weighted by atomic mass is 19.1. The fourth-order valence-corrected chi connectivity index (χ4v) is 11.2. The molecule has 0 saturated carbocycles. The average molecular weight is 1270 g/mol. The molecule has 9 amide bonds. The van der Waals surface area contributed by atoms with Crippen LogP contribution in [-0.4, -0.2) is 162 Å². The zero-order valence-corrected chi connectivity index (χ0v) is 49.9. The summed E-state index contributed by atoms with van der Waals surface area (Å²) in [7, 11) is 1.44. The van der Waals surface area contributed by atoms with Crippen molar-refractivity contribution in [3.05, 3.63) is 149 Å². The van der Waals surface area contributed by atoms with Crippen LogP contribution in [-0.2, 0) is 84.8 Å². The third-order valence-electron chi connectivity index (χ3n) is 16.2. The van der Waals surface area contributed by atoms with Crippen molar-refractivity contribution in [3.8, 4) is 5.75 Å². The Morgan fingerprint density at radius 3 is 1.75 bits per heavy atom. The second kappa shape index (κ2) is 28.7. The van der Waals surface area contributed by atoms with E-state index in [1.807, 2.05) is 0 Å². The van der Waals surface area contributed by atoms with Gasteiger partial charge in [0.05, 0.1) is 32.7 Å². The summed E-state index contributed by atoms with van der Waals surface area (Å²) in [5.74, 6) is -12.7. The van der Waals surface area contributed by atoms with E-state index in [2.05, 4.69) is 62.5 Å². The van der Waals surface area contributed by atoms with Crippen LogP contribution in [0.15, 0.2) is 110 Å². The van der Waals surface area contributed by atoms with Crippen molar-refractivity contribution < 1.29 is 76.5 Å². The van der Waals surface area contributed by atoms with Crippen LogP contribution in [0.3, 0.4) is 0 Å². The van der Waals surface area contributed by atoms with Gasteiger partial charge in [0.15, 0.2) is 0 Å². The average Bonchev–Trinajstić information content (AvgIpc) is 1.59. The number of rotatable bonds is 12. The third-order valence-corrected chi connectivity index (χ3v) is 16.2. The molecule has 10 rings (SSSR count). The number of aromatic nitrogens is 4. The molecular formula is C63H67F2N13O14. The van der Waals surface area contributed by atoms with Gasteiger partial charge in [-0.2, -0.15) is 0 Å². The lowest BCUT2D eigenvalue weighted by atomic mass is 9.95. The largest absolute Gasteiger partial charge is 0.497 e. The number of ether oxygens (including phenoxy) is 1. The topological polar surface area (TPSA) is 397 Å². The molecule has 0 aliphatic carbocycles. The molecule has 2 bridgehead atoms. The van der Waals surface area contributed by atoms with E-state index in [9.17, 15) is 66.9 Å². The molecule has 27 nitrogen and oxygen atoms in total. The lowest BCUT2D eigenvalue weighted by Gasteiger charge is -2.37. The van der Waals surface area contributed by atoms with Crippen molar-refractivity contribution in [2.45, 2.75) is 119 Å². The molecule has 1 saturated heterocycles. The molecule has 7 aromatic rings. The molecule has 3 aromatic heterocycles. The number of nitrogens with zero attached hydrogens (tertiary/aromatic N) is 2. The van der Waals surface area contributed by atoms with Gasteiger partial charge in [-0.3, -0.25) is 47.9 Å². The van der Waals surface area contributed by atoms with Crippen LogP contribution in [0.1, 0.15) is 67.5 Å². The SMILES string of the molecule is COc1ccc(C[C@@H]2NC(=O)[C@H](Cc3cnc[nH]3)NC(=O)[C@H](CC(=O)O)NC(=O)[C@H](Cc3c[nH]c4ccc(F)cc34)NC(=O)[C@H](Cc3c[nH]c4ccc(F)cc34)NC(=O)[C@@H](C)NC(=O)Cc3ccc(cc3)NC(=O)CC(C(=O)O)NC(=O)[C@]3(C)CCCN3C2=O)cc1. The van der Waals surface area contributed by atoms with E-state index >= 15 is 4.79 Å². The maximum atomic E-state index is 15.1. The van der Waals surface area contributed by atoms with Crippen LogP contribution >= 0.6 is 0 Å². The van der Waals surface area contributed by atoms with Gasteiger partial charge >= 0.3 is 11.9 Å². The van der Waals surface area contributed by atoms with Gasteiger partial charge in [0, 0.05) is 84.0 Å². The fourth-order valence-electron chi connectivity index (χ4n) is 11.2. The number of amides is 9. The Kier molecular flexibility index (Phi) is 20.4. The Bertz CT molecular complexity index is 3950. The summed E-state index contributed by atoms with van der Waals surface area (Å²) in [6, 6.07) is 8.05. The van der Waals surface area contributed by atoms with Crippen LogP contribution in [0.2, 0.25) is 0 Å². The highest BCUT2D eigenvalue weighted by Gasteiger charge is 2.49. The summed E-state index contributed by atoms with van der Waals surface area (Å²) in [5.41, 5.74) is 0.980. The van der Waals surface area contributed by atoms with Gasteiger partial charge in [-0.15, -0.1) is 0 Å². The number of methoxy groups -OCH3 is 1. The van der Waals surface area contributed by atoms with Gasteiger partial charge in [0.1, 0.15) is 65.2 Å². The van der Waals surface area contributed by atoms with Crippen molar-refractivity contribution in [3.63, 3.8) is 0 Å². The summed E-state index contributed by atoms with van der Waals surface area (Å²) >= 11 is 0. The molecule has 13 N–H and O–H groups in total. The number of halogens is 2. The summed E-state index contributed by atoms with van der Waals surface area (Å²) in [6.07, 6.45) is 2.09. The van der Waals surface area contributed by atoms with Crippen LogP contribution in [0, 0.1) is 11.6 Å². The normalized spacial score (nSPS) is 22.9. The molecule has 482 valence electrons. The van der Waals surface area contributed by atoms with Crippen molar-refractivity contribution in [2.24, 2.45) is 0 Å². The van der Waals surface area contributed by atoms with E-state index < -0.39 is 144 Å². The Balaban J connectivity index is 1.09. The summed E-state index contributed by atoms with van der Waals surface area (Å²) < 4.78 is 35.0. The maximum Gasteiger partial charge on any atom is 0.326 e. The van der Waals surface area contributed by atoms with Crippen molar-refractivity contribution in [1.29, 1.82) is 0 Å². The van der Waals surface area contributed by atoms with Gasteiger partial charge in [-0.05, 0) is 110 Å². The van der Waals surface area contributed by atoms with E-state index in [1.165, 1.54) is 111 Å². The standard InChI is InChI=1S/C63H67F2N13O14/c1-32-55(83)72-46(21-35-28-67-44-15-9-37(64)23-42(35)44)56(84)73-47(22-36-29-68-45-16-10-38(65)24-43(36)45)57(85)75-49(27-54(81)82)59(87)74-48(25-40-30-66-31-69-40)58(86)76-50(19-33-7-13-41(92-3)14-8-33)60(88)78-18-4-17-63(78,2)62(91)77-51(61(89)90)26-53(80)71-39-11-5-34(6-12-39)20-52(79)70-32/h5-16,23-24,28-32,46-51,67-68H,4,17-22,25-27H2,1-3H3,(H,66,69)(H,70,79)(H,71,80)(H,72,83)(H,73,84)(H,74,87)(H,75,85)(H,76,86)(H,77,91)(H,81,82)(H,89,90)/t32-,46+,47+,48+,49+,50+,51?,63+/m1/s1. The first kappa shape index (κ1) is 65.4. The smallest absolute Gasteiger partial charge is 0.326 e. The number of imidazole rings is 1. The van der Waals surface area contributed by atoms with Crippen LogP contribution < -0.4 is 47.3 Å². The minimum absolute atomic E-state index is 0.0107. The fraction of sp³-hybridized carbons (Fsp3) is 0.333. The number of hydrogen-bond donors (Lipinski definition) is 13. The molecule has 3 aliphatic rings. The molecule has 3 aliphatic heterocycles. The van der Waals surface area contributed by atoms with Gasteiger partial charge < -0.3 is 77.3 Å². The van der Waals surface area contributed by atoms with Crippen molar-refractivity contribution >= 4 is 92.6 Å². The Morgan fingerprint density at radius 2 is 1.20 bits per heavy atom. The highest BCUT2D eigenvalue weighted by molar-refractivity contribution is 6.01. The Labute approximate surface area is 523 Å². The molecular weight excluding hydrogens is 1200 g/mol. The van der Waals surface area contributed by atoms with Crippen LogP contribution in [0.4, 0.5) is 14.5 Å². The number of aliphatic carboxylic acids is 2. The third kappa shape index (κ3) is 16.1. The lowest BCUT2D eigenvalue weighted by Crippen LogP contribution is -2.63. The lowest BCUT2D eigenvalue weighted by molar-refractivity contribution is -0.149. The van der Waals surface area contributed by atoms with Crippen LogP contribution in [0.5, 0.6) is 5.75 Å². The number of carboxylic acid groups (broad SMARTS) is 2. The van der Waals surface area contributed by atoms with Gasteiger partial charge in [-0.25, -0.2) is 18.6 Å². The minimum atomic E-state index is -2.04. The summed E-state index contributed by atoms with van der Waals surface area (Å²) in [6.45, 7) is 2.67. The predicted molar refractivity (Wildman–Crippen MR) is 325 cm³/mol. The number of fused-ring (bicyclic) bond motifs is 28. The zero-order chi connectivity index (χ0) is 66.0. The number of carboxylic acids is 2. The molecule has 0 spiro atoms. The summed E-state index contributed by atoms with van der Waals surface area (Å²) in [4.78, 5) is 170. The first-order chi connectivity index (χ1) is 43.9. The molecule has 8 atom stereocenters. The summed E-state index contributed by atoms with van der Waals surface area (Å²) in [5, 5.41) is 41.6. The highest BCUT2D eigenvalue weighted by Crippen LogP contribution is 2.31.